The third kappa shape index (κ3) is 3.91. The minimum atomic E-state index is -3.64. The Balaban J connectivity index is 1.65. The van der Waals surface area contributed by atoms with Gasteiger partial charge in [0.25, 0.3) is 0 Å². The minimum absolute atomic E-state index is 0.400. The van der Waals surface area contributed by atoms with Crippen molar-refractivity contribution in [3.05, 3.63) is 49.8 Å². The fourth-order valence-electron chi connectivity index (χ4n) is 4.20. The summed E-state index contributed by atoms with van der Waals surface area (Å²) in [5.41, 5.74) is 5.60. The number of nitrogens with one attached hydrogen (secondary N) is 1. The van der Waals surface area contributed by atoms with Gasteiger partial charge in [0, 0.05) is 57.9 Å². The van der Waals surface area contributed by atoms with Crippen LogP contribution in [0.2, 0.25) is 5.02 Å². The first-order valence-corrected chi connectivity index (χ1v) is 12.9. The number of aryl methyl sites for hydroxylation is 4. The van der Waals surface area contributed by atoms with Crippen LogP contribution in [0.4, 0.5) is 5.69 Å². The Labute approximate surface area is 192 Å². The number of H-pyrrole nitrogens is 1. The van der Waals surface area contributed by atoms with Gasteiger partial charge in [-0.25, -0.2) is 8.42 Å². The van der Waals surface area contributed by atoms with Crippen molar-refractivity contribution in [1.82, 2.24) is 14.5 Å². The van der Waals surface area contributed by atoms with Gasteiger partial charge in [0.1, 0.15) is 4.90 Å². The van der Waals surface area contributed by atoms with Crippen LogP contribution in [0.15, 0.2) is 23.1 Å². The summed E-state index contributed by atoms with van der Waals surface area (Å²) in [7, 11) is -3.64. The van der Waals surface area contributed by atoms with Crippen LogP contribution in [0.3, 0.4) is 0 Å². The lowest BCUT2D eigenvalue weighted by Gasteiger charge is -2.36. The van der Waals surface area contributed by atoms with E-state index in [1.54, 1.807) is 4.31 Å². The maximum absolute atomic E-state index is 13.8. The second-order valence-electron chi connectivity index (χ2n) is 8.06. The number of halogens is 1. The van der Waals surface area contributed by atoms with E-state index in [4.69, 9.17) is 11.6 Å². The van der Waals surface area contributed by atoms with Crippen molar-refractivity contribution in [2.75, 3.05) is 31.1 Å². The number of aromatic nitrogens is 2. The normalized spacial score (nSPS) is 15.6. The van der Waals surface area contributed by atoms with Crippen molar-refractivity contribution in [2.45, 2.75) is 39.5 Å². The molecule has 0 saturated carbocycles. The van der Waals surface area contributed by atoms with Crippen LogP contribution >= 0.6 is 22.9 Å². The molecular formula is C22H27ClN4O2S2. The van der Waals surface area contributed by atoms with Crippen LogP contribution in [-0.4, -0.2) is 49.1 Å². The van der Waals surface area contributed by atoms with Crippen molar-refractivity contribution in [3.8, 4) is 11.3 Å². The van der Waals surface area contributed by atoms with Crippen LogP contribution in [-0.2, 0) is 10.0 Å². The smallest absolute Gasteiger partial charge is 0.244 e. The molecule has 31 heavy (non-hydrogen) atoms. The van der Waals surface area contributed by atoms with Crippen LogP contribution in [0.25, 0.3) is 11.3 Å². The SMILES string of the molecule is Cc1ccc(Cl)cc1N1CCN(S(=O)(=O)c2c(C)sc(C)c2-c2n[nH]c(C)c2C)CC1. The minimum Gasteiger partial charge on any atom is -0.369 e. The Morgan fingerprint density at radius 1 is 1.03 bits per heavy atom. The van der Waals surface area contributed by atoms with Gasteiger partial charge in [-0.1, -0.05) is 17.7 Å². The molecule has 4 rings (SSSR count). The van der Waals surface area contributed by atoms with Gasteiger partial charge in [0.15, 0.2) is 0 Å². The number of sulfonamides is 1. The average molecular weight is 479 g/mol. The summed E-state index contributed by atoms with van der Waals surface area (Å²) in [4.78, 5) is 4.39. The van der Waals surface area contributed by atoms with E-state index in [0.29, 0.717) is 36.1 Å². The quantitative estimate of drug-likeness (QED) is 0.582. The van der Waals surface area contributed by atoms with Gasteiger partial charge in [0.2, 0.25) is 10.0 Å². The molecule has 6 nitrogen and oxygen atoms in total. The number of hydrogen-bond acceptors (Lipinski definition) is 5. The predicted molar refractivity (Wildman–Crippen MR) is 128 cm³/mol. The third-order valence-corrected chi connectivity index (χ3v) is 9.50. The Morgan fingerprint density at radius 3 is 2.32 bits per heavy atom. The zero-order valence-corrected chi connectivity index (χ0v) is 20.8. The lowest BCUT2D eigenvalue weighted by molar-refractivity contribution is 0.385. The van der Waals surface area contributed by atoms with Crippen LogP contribution in [0.1, 0.15) is 26.6 Å². The summed E-state index contributed by atoms with van der Waals surface area (Å²) < 4.78 is 29.1. The lowest BCUT2D eigenvalue weighted by Crippen LogP contribution is -2.49. The molecule has 0 amide bonds. The number of anilines is 1. The molecule has 0 spiro atoms. The number of benzene rings is 1. The summed E-state index contributed by atoms with van der Waals surface area (Å²) in [6.07, 6.45) is 0. The number of thiophene rings is 1. The molecule has 3 heterocycles. The van der Waals surface area contributed by atoms with Gasteiger partial charge in [-0.05, 0) is 57.9 Å². The fraction of sp³-hybridized carbons (Fsp3) is 0.409. The Hall–Kier alpha value is -1.87. The monoisotopic (exact) mass is 478 g/mol. The topological polar surface area (TPSA) is 69.3 Å². The Kier molecular flexibility index (Phi) is 5.93. The molecule has 9 heteroatoms. The molecule has 0 atom stereocenters. The number of aromatic amines is 1. The van der Waals surface area contributed by atoms with Crippen LogP contribution in [0, 0.1) is 34.6 Å². The second kappa shape index (κ2) is 8.24. The zero-order valence-electron chi connectivity index (χ0n) is 18.4. The van der Waals surface area contributed by atoms with Crippen LogP contribution in [0.5, 0.6) is 0 Å². The molecule has 0 unspecified atom stereocenters. The van der Waals surface area contributed by atoms with Gasteiger partial charge >= 0.3 is 0 Å². The predicted octanol–water partition coefficient (Wildman–Crippen LogP) is 4.84. The van der Waals surface area contributed by atoms with Gasteiger partial charge < -0.3 is 4.90 Å². The molecule has 1 aliphatic heterocycles. The summed E-state index contributed by atoms with van der Waals surface area (Å²) in [6, 6.07) is 5.83. The number of rotatable bonds is 4. The van der Waals surface area contributed by atoms with E-state index >= 15 is 0 Å². The maximum Gasteiger partial charge on any atom is 0.244 e. The molecule has 3 aromatic rings. The third-order valence-electron chi connectivity index (χ3n) is 6.04. The van der Waals surface area contributed by atoms with E-state index in [9.17, 15) is 8.42 Å². The van der Waals surface area contributed by atoms with Gasteiger partial charge in [-0.15, -0.1) is 11.3 Å². The molecule has 1 fully saturated rings. The highest BCUT2D eigenvalue weighted by molar-refractivity contribution is 7.89. The number of hydrogen-bond donors (Lipinski definition) is 1. The second-order valence-corrected chi connectivity index (χ2v) is 11.8. The molecule has 1 saturated heterocycles. The van der Waals surface area contributed by atoms with Gasteiger partial charge in [-0.2, -0.15) is 9.40 Å². The standard InChI is InChI=1S/C22H27ClN4O2S2/c1-13-6-7-18(23)12-19(13)26-8-10-27(11-9-26)31(28,29)22-17(5)30-16(4)20(22)21-14(2)15(3)24-25-21/h6-7,12H,8-11H2,1-5H3,(H,24,25). The maximum atomic E-state index is 13.8. The van der Waals surface area contributed by atoms with E-state index in [1.165, 1.54) is 11.3 Å². The lowest BCUT2D eigenvalue weighted by atomic mass is 10.1. The van der Waals surface area contributed by atoms with Crippen molar-refractivity contribution in [3.63, 3.8) is 0 Å². The van der Waals surface area contributed by atoms with Gasteiger partial charge in [-0.3, -0.25) is 5.10 Å². The highest BCUT2D eigenvalue weighted by atomic mass is 35.5. The van der Waals surface area contributed by atoms with E-state index in [2.05, 4.69) is 15.1 Å². The Bertz CT molecular complexity index is 1240. The van der Waals surface area contributed by atoms with E-state index in [0.717, 1.165) is 43.5 Å². The van der Waals surface area contributed by atoms with E-state index in [-0.39, 0.29) is 0 Å². The molecular weight excluding hydrogens is 452 g/mol. The summed E-state index contributed by atoms with van der Waals surface area (Å²) in [5, 5.41) is 8.11. The van der Waals surface area contributed by atoms with Crippen molar-refractivity contribution >= 4 is 38.6 Å². The molecule has 166 valence electrons. The number of piperazine rings is 1. The summed E-state index contributed by atoms with van der Waals surface area (Å²) in [6.45, 7) is 11.9. The summed E-state index contributed by atoms with van der Waals surface area (Å²) in [5.74, 6) is 0. The highest BCUT2D eigenvalue weighted by Gasteiger charge is 2.35. The fourth-order valence-corrected chi connectivity index (χ4v) is 7.60. The first-order valence-electron chi connectivity index (χ1n) is 10.2. The van der Waals surface area contributed by atoms with E-state index < -0.39 is 10.0 Å². The van der Waals surface area contributed by atoms with E-state index in [1.807, 2.05) is 52.8 Å². The molecule has 1 N–H and O–H groups in total. The Morgan fingerprint density at radius 2 is 1.71 bits per heavy atom. The summed E-state index contributed by atoms with van der Waals surface area (Å²) >= 11 is 7.70. The number of nitrogens with zero attached hydrogens (tertiary/aromatic N) is 3. The first-order chi connectivity index (χ1) is 14.6. The van der Waals surface area contributed by atoms with Crippen molar-refractivity contribution < 1.29 is 8.42 Å². The van der Waals surface area contributed by atoms with Gasteiger partial charge in [0.05, 0.1) is 5.69 Å². The van der Waals surface area contributed by atoms with Crippen molar-refractivity contribution in [2.24, 2.45) is 0 Å². The van der Waals surface area contributed by atoms with Crippen molar-refractivity contribution in [1.29, 1.82) is 0 Å². The molecule has 0 bridgehead atoms. The first kappa shape index (κ1) is 22.3. The average Bonchev–Trinajstić information content (AvgIpc) is 3.21. The van der Waals surface area contributed by atoms with Crippen LogP contribution < -0.4 is 4.90 Å². The molecule has 1 aliphatic rings. The highest BCUT2D eigenvalue weighted by Crippen LogP contribution is 2.41. The molecule has 0 aliphatic carbocycles. The molecule has 2 aromatic heterocycles. The largest absolute Gasteiger partial charge is 0.369 e. The molecule has 0 radical (unpaired) electrons. The molecule has 1 aromatic carbocycles. The zero-order chi connectivity index (χ0) is 22.5.